The first-order valence-corrected chi connectivity index (χ1v) is 3.74. The van der Waals surface area contributed by atoms with Crippen LogP contribution in [-0.2, 0) is 22.1 Å². The first kappa shape index (κ1) is 51.5. The van der Waals surface area contributed by atoms with Gasteiger partial charge < -0.3 is 41.9 Å². The minimum atomic E-state index is 0. The molecule has 0 spiro atoms. The van der Waals surface area contributed by atoms with Crippen molar-refractivity contribution in [2.75, 3.05) is 13.2 Å². The quantitative estimate of drug-likeness (QED) is 0.584. The van der Waals surface area contributed by atoms with Gasteiger partial charge in [-0.3, -0.25) is 0 Å². The van der Waals surface area contributed by atoms with E-state index in [0.717, 1.165) is 13.2 Å². The van der Waals surface area contributed by atoms with E-state index in [9.17, 15) is 0 Å². The number of hydrogen-bond acceptors (Lipinski definition) is 1. The zero-order valence-electron chi connectivity index (χ0n) is 12.3. The molecular weight excluding hydrogens is 307 g/mol. The normalized spacial score (nSPS) is 8.89. The van der Waals surface area contributed by atoms with Gasteiger partial charge in [-0.15, -0.1) is 24.8 Å². The van der Waals surface area contributed by atoms with Crippen molar-refractivity contribution in [1.82, 2.24) is 0 Å². The molecule has 0 N–H and O–H groups in total. The molecule has 1 aliphatic heterocycles. The Kier molecular flexibility index (Phi) is 124. The molecular formula is C14H30Cl2CrO. The molecule has 1 heterocycles. The second kappa shape index (κ2) is 43.3. The summed E-state index contributed by atoms with van der Waals surface area (Å²) in [5.74, 6) is 0. The molecule has 0 radical (unpaired) electrons. The van der Waals surface area contributed by atoms with E-state index in [1.165, 1.54) is 12.8 Å². The summed E-state index contributed by atoms with van der Waals surface area (Å²) in [7, 11) is 0. The summed E-state index contributed by atoms with van der Waals surface area (Å²) < 4.78 is 4.94. The fourth-order valence-electron chi connectivity index (χ4n) is 0.831. The molecule has 0 atom stereocenters. The van der Waals surface area contributed by atoms with Crippen molar-refractivity contribution in [3.63, 3.8) is 0 Å². The molecule has 18 heavy (non-hydrogen) atoms. The monoisotopic (exact) mass is 336 g/mol. The van der Waals surface area contributed by atoms with Crippen molar-refractivity contribution in [1.29, 1.82) is 0 Å². The van der Waals surface area contributed by atoms with Gasteiger partial charge in [0.2, 0.25) is 0 Å². The Morgan fingerprint density at radius 2 is 1.06 bits per heavy atom. The zero-order chi connectivity index (χ0) is 7.07. The predicted molar refractivity (Wildman–Crippen MR) is 88.7 cm³/mol. The maximum absolute atomic E-state index is 4.94. The Balaban J connectivity index is -0.0000000128. The molecule has 1 nitrogen and oxygen atoms in total. The van der Waals surface area contributed by atoms with Crippen LogP contribution in [0.4, 0.5) is 0 Å². The topological polar surface area (TPSA) is 9.23 Å². The molecule has 0 bridgehead atoms. The molecule has 1 fully saturated rings. The van der Waals surface area contributed by atoms with E-state index >= 15 is 0 Å². The number of halogens is 2. The van der Waals surface area contributed by atoms with Gasteiger partial charge in [-0.05, 0) is 12.8 Å². The molecule has 0 unspecified atom stereocenters. The molecule has 4 heteroatoms. The first-order chi connectivity index (χ1) is 5.00. The van der Waals surface area contributed by atoms with Crippen LogP contribution in [0.1, 0.15) is 12.8 Å². The molecule has 1 aromatic carbocycles. The minimum absolute atomic E-state index is 0. The van der Waals surface area contributed by atoms with Crippen molar-refractivity contribution >= 4 is 24.8 Å². The first-order valence-electron chi connectivity index (χ1n) is 3.74. The molecule has 2 rings (SSSR count). The second-order valence-electron chi connectivity index (χ2n) is 2.28. The largest absolute Gasteiger partial charge is 6.00 e. The van der Waals surface area contributed by atoms with Crippen molar-refractivity contribution in [2.24, 2.45) is 0 Å². The van der Waals surface area contributed by atoms with Crippen molar-refractivity contribution in [3.05, 3.63) is 67.5 Å². The minimum Gasteiger partial charge on any atom is -0.381 e. The van der Waals surface area contributed by atoms with E-state index in [1.807, 2.05) is 30.3 Å². The van der Waals surface area contributed by atoms with E-state index < -0.39 is 0 Å². The zero-order valence-corrected chi connectivity index (χ0v) is 15.3. The Bertz CT molecular complexity index is 119. The standard InChI is InChI=1S/C5H5.C4H8O.5CH3.2ClH.Cr/c2*1-2-4-5-3-1;;;;;;;;/h1-5H;1-4H2;5*1H3;2*1H;/q-1;;5*-1;;;+6. The average Bonchev–Trinajstić information content (AvgIpc) is 2.67. The third kappa shape index (κ3) is 36.0. The Morgan fingerprint density at radius 1 is 0.722 bits per heavy atom. The van der Waals surface area contributed by atoms with Gasteiger partial charge in [-0.2, -0.15) is 18.2 Å². The van der Waals surface area contributed by atoms with Crippen molar-refractivity contribution in [2.45, 2.75) is 12.8 Å². The molecule has 0 aliphatic carbocycles. The number of ether oxygens (including phenoxy) is 1. The van der Waals surface area contributed by atoms with Crippen LogP contribution >= 0.6 is 24.8 Å². The van der Waals surface area contributed by atoms with Crippen LogP contribution in [0.2, 0.25) is 0 Å². The molecule has 0 aromatic heterocycles. The second-order valence-corrected chi connectivity index (χ2v) is 2.28. The van der Waals surface area contributed by atoms with Crippen LogP contribution < -0.4 is 0 Å². The summed E-state index contributed by atoms with van der Waals surface area (Å²) in [5.41, 5.74) is 0. The van der Waals surface area contributed by atoms with Gasteiger partial charge in [0.1, 0.15) is 0 Å². The maximum Gasteiger partial charge on any atom is 6.00 e. The summed E-state index contributed by atoms with van der Waals surface area (Å²) in [4.78, 5) is 0. The summed E-state index contributed by atoms with van der Waals surface area (Å²) in [5, 5.41) is 0. The van der Waals surface area contributed by atoms with Crippen LogP contribution in [0, 0.1) is 37.1 Å². The van der Waals surface area contributed by atoms with E-state index in [2.05, 4.69) is 0 Å². The van der Waals surface area contributed by atoms with Crippen LogP contribution in [-0.4, -0.2) is 13.2 Å². The Morgan fingerprint density at radius 3 is 1.17 bits per heavy atom. The average molecular weight is 337 g/mol. The Labute approximate surface area is 140 Å². The maximum atomic E-state index is 4.94. The predicted octanol–water partition coefficient (Wildman–Crippen LogP) is 5.29. The fraction of sp³-hybridized carbons (Fsp3) is 0.286. The molecule has 0 saturated carbocycles. The van der Waals surface area contributed by atoms with E-state index in [4.69, 9.17) is 4.74 Å². The van der Waals surface area contributed by atoms with Gasteiger partial charge in [0.15, 0.2) is 0 Å². The Hall–Kier alpha value is 0.422. The molecule has 1 aromatic rings. The number of hydrogen-bond donors (Lipinski definition) is 0. The van der Waals surface area contributed by atoms with Crippen LogP contribution in [0.3, 0.4) is 0 Å². The van der Waals surface area contributed by atoms with E-state index in [0.29, 0.717) is 0 Å². The summed E-state index contributed by atoms with van der Waals surface area (Å²) in [6, 6.07) is 10.0. The molecule has 112 valence electrons. The van der Waals surface area contributed by atoms with Gasteiger partial charge in [0.25, 0.3) is 0 Å². The molecule has 1 saturated heterocycles. The summed E-state index contributed by atoms with van der Waals surface area (Å²) in [6.07, 6.45) is 2.56. The van der Waals surface area contributed by atoms with E-state index in [-0.39, 0.29) is 79.3 Å². The van der Waals surface area contributed by atoms with Gasteiger partial charge in [-0.25, -0.2) is 12.1 Å². The van der Waals surface area contributed by atoms with Gasteiger partial charge in [-0.1, -0.05) is 0 Å². The SMILES string of the molecule is C1CCOC1.Cl.Cl.[CH3-].[CH3-].[CH3-].[CH3-].[CH3-].[Cr+6].c1cc[cH-]c1. The van der Waals surface area contributed by atoms with Gasteiger partial charge >= 0.3 is 17.4 Å². The van der Waals surface area contributed by atoms with Gasteiger partial charge in [0.05, 0.1) is 0 Å². The third-order valence-electron chi connectivity index (χ3n) is 1.38. The number of rotatable bonds is 0. The van der Waals surface area contributed by atoms with E-state index in [1.54, 1.807) is 0 Å². The van der Waals surface area contributed by atoms with Gasteiger partial charge in [0, 0.05) is 13.2 Å². The van der Waals surface area contributed by atoms with Crippen LogP contribution in [0.15, 0.2) is 30.3 Å². The smallest absolute Gasteiger partial charge is 0.381 e. The molecule has 0 amide bonds. The van der Waals surface area contributed by atoms with Crippen molar-refractivity contribution < 1.29 is 22.1 Å². The molecule has 1 aliphatic rings. The third-order valence-corrected chi connectivity index (χ3v) is 1.38. The van der Waals surface area contributed by atoms with Crippen molar-refractivity contribution in [3.8, 4) is 0 Å². The summed E-state index contributed by atoms with van der Waals surface area (Å²) in [6.45, 7) is 2.00. The summed E-state index contributed by atoms with van der Waals surface area (Å²) >= 11 is 0. The van der Waals surface area contributed by atoms with Crippen LogP contribution in [0.25, 0.3) is 0 Å². The van der Waals surface area contributed by atoms with Crippen LogP contribution in [0.5, 0.6) is 0 Å². The fourth-order valence-corrected chi connectivity index (χ4v) is 0.831.